The second-order valence-electron chi connectivity index (χ2n) is 8.10. The van der Waals surface area contributed by atoms with Gasteiger partial charge in [-0.2, -0.15) is 4.31 Å². The highest BCUT2D eigenvalue weighted by molar-refractivity contribution is 7.89. The molecule has 0 bridgehead atoms. The number of pyridine rings is 1. The quantitative estimate of drug-likeness (QED) is 0.654. The van der Waals surface area contributed by atoms with Gasteiger partial charge in [-0.3, -0.25) is 9.78 Å². The number of ether oxygens (including phenoxy) is 1. The summed E-state index contributed by atoms with van der Waals surface area (Å²) in [5.41, 5.74) is 3.42. The number of sulfonamides is 1. The van der Waals surface area contributed by atoms with E-state index in [1.165, 1.54) is 4.31 Å². The Morgan fingerprint density at radius 1 is 1.19 bits per heavy atom. The van der Waals surface area contributed by atoms with Crippen LogP contribution in [0, 0.1) is 6.92 Å². The molecular formula is C23H31N3O4S. The summed E-state index contributed by atoms with van der Waals surface area (Å²) in [6.45, 7) is 7.71. The van der Waals surface area contributed by atoms with Gasteiger partial charge in [-0.15, -0.1) is 0 Å². The van der Waals surface area contributed by atoms with Crippen molar-refractivity contribution >= 4 is 15.9 Å². The van der Waals surface area contributed by atoms with Gasteiger partial charge in [0.05, 0.1) is 18.1 Å². The van der Waals surface area contributed by atoms with Crippen LogP contribution in [0.4, 0.5) is 0 Å². The number of morpholine rings is 1. The highest BCUT2D eigenvalue weighted by atomic mass is 32.2. The minimum absolute atomic E-state index is 0.0440. The molecular weight excluding hydrogens is 414 g/mol. The van der Waals surface area contributed by atoms with Crippen LogP contribution in [0.15, 0.2) is 41.4 Å². The lowest BCUT2D eigenvalue weighted by atomic mass is 9.98. The molecule has 1 saturated heterocycles. The third-order valence-corrected chi connectivity index (χ3v) is 7.87. The molecule has 0 aliphatic carbocycles. The molecule has 168 valence electrons. The summed E-state index contributed by atoms with van der Waals surface area (Å²) in [6, 6.07) is 9.46. The van der Waals surface area contributed by atoms with Gasteiger partial charge in [-0.1, -0.05) is 19.1 Å². The van der Waals surface area contributed by atoms with Gasteiger partial charge in [-0.05, 0) is 48.2 Å². The topological polar surface area (TPSA) is 79.8 Å². The predicted octanol–water partition coefficient (Wildman–Crippen LogP) is 3.05. The molecule has 8 heteroatoms. The van der Waals surface area contributed by atoms with E-state index in [4.69, 9.17) is 4.74 Å². The standard InChI is InChI=1S/C23H31N3O4S/c1-17(8-10-25(4)19(3)27)22-15-21(7-9-24-22)20-6-5-18(2)23(16-20)31(28,29)26-11-13-30-14-12-26/h5-7,9,15-17H,8,10-14H2,1-4H3. The molecule has 31 heavy (non-hydrogen) atoms. The Hall–Kier alpha value is -2.29. The van der Waals surface area contributed by atoms with Crippen LogP contribution in [0.25, 0.3) is 11.1 Å². The van der Waals surface area contributed by atoms with Crippen LogP contribution >= 0.6 is 0 Å². The lowest BCUT2D eigenvalue weighted by molar-refractivity contribution is -0.127. The summed E-state index contributed by atoms with van der Waals surface area (Å²) in [6.07, 6.45) is 2.56. The van der Waals surface area contributed by atoms with Crippen molar-refractivity contribution in [2.24, 2.45) is 0 Å². The maximum Gasteiger partial charge on any atom is 0.243 e. The van der Waals surface area contributed by atoms with E-state index in [-0.39, 0.29) is 11.8 Å². The number of amides is 1. The van der Waals surface area contributed by atoms with E-state index in [1.54, 1.807) is 31.1 Å². The first-order valence-electron chi connectivity index (χ1n) is 10.6. The van der Waals surface area contributed by atoms with E-state index in [0.717, 1.165) is 28.8 Å². The minimum atomic E-state index is -3.58. The van der Waals surface area contributed by atoms with Gasteiger partial charge in [0.2, 0.25) is 15.9 Å². The maximum atomic E-state index is 13.2. The number of carbonyl (C=O) groups excluding carboxylic acids is 1. The summed E-state index contributed by atoms with van der Waals surface area (Å²) in [4.78, 5) is 18.0. The third-order valence-electron chi connectivity index (χ3n) is 5.83. The summed E-state index contributed by atoms with van der Waals surface area (Å²) >= 11 is 0. The third kappa shape index (κ3) is 5.50. The van der Waals surface area contributed by atoms with Gasteiger partial charge >= 0.3 is 0 Å². The molecule has 1 fully saturated rings. The summed E-state index contributed by atoms with van der Waals surface area (Å²) < 4.78 is 33.2. The van der Waals surface area contributed by atoms with Gasteiger partial charge in [0.25, 0.3) is 0 Å². The number of rotatable bonds is 7. The molecule has 0 saturated carbocycles. The Bertz CT molecular complexity index is 1030. The fraction of sp³-hybridized carbons (Fsp3) is 0.478. The molecule has 1 amide bonds. The van der Waals surface area contributed by atoms with Crippen LogP contribution in [-0.2, 0) is 19.6 Å². The van der Waals surface area contributed by atoms with E-state index >= 15 is 0 Å². The van der Waals surface area contributed by atoms with Crippen molar-refractivity contribution in [2.45, 2.75) is 38.0 Å². The SMILES string of the molecule is CC(=O)N(C)CCC(C)c1cc(-c2ccc(C)c(S(=O)(=O)N3CCOCC3)c2)ccn1. The first-order chi connectivity index (χ1) is 14.7. The normalized spacial score (nSPS) is 16.1. The average molecular weight is 446 g/mol. The molecule has 7 nitrogen and oxygen atoms in total. The van der Waals surface area contributed by atoms with Gasteiger partial charge in [0.15, 0.2) is 0 Å². The van der Waals surface area contributed by atoms with Crippen molar-refractivity contribution in [2.75, 3.05) is 39.9 Å². The highest BCUT2D eigenvalue weighted by Crippen LogP contribution is 2.29. The molecule has 1 aromatic heterocycles. The minimum Gasteiger partial charge on any atom is -0.379 e. The largest absolute Gasteiger partial charge is 0.379 e. The number of benzene rings is 1. The van der Waals surface area contributed by atoms with Crippen LogP contribution in [0.3, 0.4) is 0 Å². The molecule has 3 rings (SSSR count). The van der Waals surface area contributed by atoms with E-state index in [2.05, 4.69) is 11.9 Å². The molecule has 1 aliphatic heterocycles. The van der Waals surface area contributed by atoms with E-state index in [9.17, 15) is 13.2 Å². The fourth-order valence-electron chi connectivity index (χ4n) is 3.57. The number of hydrogen-bond donors (Lipinski definition) is 0. The summed E-state index contributed by atoms with van der Waals surface area (Å²) in [7, 11) is -1.78. The molecule has 0 spiro atoms. The molecule has 0 N–H and O–H groups in total. The van der Waals surface area contributed by atoms with E-state index in [0.29, 0.717) is 37.7 Å². The molecule has 2 aromatic rings. The number of nitrogens with zero attached hydrogens (tertiary/aromatic N) is 3. The Labute approximate surface area is 185 Å². The van der Waals surface area contributed by atoms with Crippen LogP contribution in [0.2, 0.25) is 0 Å². The van der Waals surface area contributed by atoms with Gasteiger partial charge in [0, 0.05) is 51.4 Å². The molecule has 1 unspecified atom stereocenters. The second-order valence-corrected chi connectivity index (χ2v) is 10.0. The Morgan fingerprint density at radius 3 is 2.55 bits per heavy atom. The average Bonchev–Trinajstić information content (AvgIpc) is 2.78. The number of aromatic nitrogens is 1. The zero-order chi connectivity index (χ0) is 22.6. The van der Waals surface area contributed by atoms with Gasteiger partial charge in [0.1, 0.15) is 0 Å². The van der Waals surface area contributed by atoms with Crippen LogP contribution < -0.4 is 0 Å². The highest BCUT2D eigenvalue weighted by Gasteiger charge is 2.28. The number of hydrogen-bond acceptors (Lipinski definition) is 5. The molecule has 0 radical (unpaired) electrons. The Kier molecular flexibility index (Phi) is 7.46. The second kappa shape index (κ2) is 9.89. The van der Waals surface area contributed by atoms with Crippen molar-refractivity contribution in [3.05, 3.63) is 47.8 Å². The van der Waals surface area contributed by atoms with Crippen molar-refractivity contribution < 1.29 is 17.9 Å². The van der Waals surface area contributed by atoms with Crippen molar-refractivity contribution in [3.8, 4) is 11.1 Å². The van der Waals surface area contributed by atoms with Crippen molar-refractivity contribution in [1.29, 1.82) is 0 Å². The number of aryl methyl sites for hydroxylation is 1. The smallest absolute Gasteiger partial charge is 0.243 e. The monoisotopic (exact) mass is 445 g/mol. The molecule has 1 atom stereocenters. The zero-order valence-corrected chi connectivity index (χ0v) is 19.5. The molecule has 2 heterocycles. The fourth-order valence-corrected chi connectivity index (χ4v) is 5.23. The first kappa shape index (κ1) is 23.4. The lowest BCUT2D eigenvalue weighted by Gasteiger charge is -2.27. The van der Waals surface area contributed by atoms with Gasteiger partial charge < -0.3 is 9.64 Å². The van der Waals surface area contributed by atoms with Crippen LogP contribution in [0.5, 0.6) is 0 Å². The first-order valence-corrected chi connectivity index (χ1v) is 12.0. The van der Waals surface area contributed by atoms with Crippen molar-refractivity contribution in [3.63, 3.8) is 0 Å². The van der Waals surface area contributed by atoms with Crippen molar-refractivity contribution in [1.82, 2.24) is 14.2 Å². The maximum absolute atomic E-state index is 13.2. The molecule has 1 aromatic carbocycles. The Balaban J connectivity index is 1.86. The lowest BCUT2D eigenvalue weighted by Crippen LogP contribution is -2.40. The van der Waals surface area contributed by atoms with Crippen LogP contribution in [-0.4, -0.2) is 68.4 Å². The Morgan fingerprint density at radius 2 is 1.87 bits per heavy atom. The zero-order valence-electron chi connectivity index (χ0n) is 18.7. The van der Waals surface area contributed by atoms with E-state index < -0.39 is 10.0 Å². The number of carbonyl (C=O) groups is 1. The predicted molar refractivity (Wildman–Crippen MR) is 120 cm³/mol. The summed E-state index contributed by atoms with van der Waals surface area (Å²) in [5, 5.41) is 0. The van der Waals surface area contributed by atoms with E-state index in [1.807, 2.05) is 31.2 Å². The summed E-state index contributed by atoms with van der Waals surface area (Å²) in [5.74, 6) is 0.214. The van der Waals surface area contributed by atoms with Crippen LogP contribution in [0.1, 0.15) is 37.4 Å². The molecule has 1 aliphatic rings. The van der Waals surface area contributed by atoms with Gasteiger partial charge in [-0.25, -0.2) is 8.42 Å².